The summed E-state index contributed by atoms with van der Waals surface area (Å²) in [6, 6.07) is 10.3. The molecule has 0 aliphatic heterocycles. The molecule has 0 saturated heterocycles. The Morgan fingerprint density at radius 1 is 1.14 bits per heavy atom. The van der Waals surface area contributed by atoms with Gasteiger partial charge in [-0.3, -0.25) is 14.9 Å². The van der Waals surface area contributed by atoms with Crippen LogP contribution in [-0.2, 0) is 0 Å². The lowest BCUT2D eigenvalue weighted by molar-refractivity contribution is -0.385. The van der Waals surface area contributed by atoms with Gasteiger partial charge in [-0.05, 0) is 24.3 Å². The second-order valence-electron chi connectivity index (χ2n) is 4.09. The Bertz CT molecular complexity index is 703. The van der Waals surface area contributed by atoms with Crippen LogP contribution in [0.2, 0.25) is 10.0 Å². The van der Waals surface area contributed by atoms with Crippen molar-refractivity contribution in [2.24, 2.45) is 0 Å². The highest BCUT2D eigenvalue weighted by atomic mass is 35.5. The number of nitrogens with zero attached hydrogens (tertiary/aromatic N) is 1. The number of ketones is 1. The van der Waals surface area contributed by atoms with Gasteiger partial charge in [0.2, 0.25) is 0 Å². The SMILES string of the molecule is O=C(COc1ccc(Cl)cc1[N+](=O)[O-])c1cccc(Cl)c1. The number of ether oxygens (including phenoxy) is 1. The summed E-state index contributed by atoms with van der Waals surface area (Å²) in [5.41, 5.74) is 0.0838. The van der Waals surface area contributed by atoms with Crippen LogP contribution in [0, 0.1) is 10.1 Å². The van der Waals surface area contributed by atoms with E-state index in [1.54, 1.807) is 18.2 Å². The van der Waals surface area contributed by atoms with Crippen molar-refractivity contribution in [3.63, 3.8) is 0 Å². The van der Waals surface area contributed by atoms with E-state index in [1.165, 1.54) is 24.3 Å². The molecule has 2 aromatic rings. The van der Waals surface area contributed by atoms with Crippen LogP contribution in [0.4, 0.5) is 5.69 Å². The molecule has 2 aromatic carbocycles. The van der Waals surface area contributed by atoms with E-state index in [1.807, 2.05) is 0 Å². The summed E-state index contributed by atoms with van der Waals surface area (Å²) >= 11 is 11.5. The van der Waals surface area contributed by atoms with Gasteiger partial charge in [-0.25, -0.2) is 0 Å². The number of carbonyl (C=O) groups is 1. The van der Waals surface area contributed by atoms with Crippen LogP contribution < -0.4 is 4.74 Å². The van der Waals surface area contributed by atoms with Gasteiger partial charge in [0.05, 0.1) is 4.92 Å². The van der Waals surface area contributed by atoms with E-state index < -0.39 is 4.92 Å². The molecule has 5 nitrogen and oxygen atoms in total. The van der Waals surface area contributed by atoms with Crippen molar-refractivity contribution in [3.8, 4) is 5.75 Å². The number of hydrogen-bond donors (Lipinski definition) is 0. The molecule has 7 heteroatoms. The molecule has 0 aliphatic carbocycles. The Morgan fingerprint density at radius 2 is 1.86 bits per heavy atom. The van der Waals surface area contributed by atoms with E-state index in [-0.39, 0.29) is 28.8 Å². The minimum Gasteiger partial charge on any atom is -0.478 e. The normalized spacial score (nSPS) is 10.2. The Morgan fingerprint density at radius 3 is 2.52 bits per heavy atom. The highest BCUT2D eigenvalue weighted by Crippen LogP contribution is 2.30. The van der Waals surface area contributed by atoms with Gasteiger partial charge in [0.1, 0.15) is 0 Å². The van der Waals surface area contributed by atoms with E-state index >= 15 is 0 Å². The van der Waals surface area contributed by atoms with E-state index in [2.05, 4.69) is 0 Å². The molecule has 0 unspecified atom stereocenters. The predicted octanol–water partition coefficient (Wildman–Crippen LogP) is 4.16. The topological polar surface area (TPSA) is 69.4 Å². The van der Waals surface area contributed by atoms with Crippen molar-refractivity contribution in [1.82, 2.24) is 0 Å². The van der Waals surface area contributed by atoms with Crippen LogP contribution in [0.3, 0.4) is 0 Å². The first-order chi connectivity index (χ1) is 9.97. The second kappa shape index (κ2) is 6.56. The van der Waals surface area contributed by atoms with Crippen molar-refractivity contribution < 1.29 is 14.5 Å². The van der Waals surface area contributed by atoms with E-state index in [0.717, 1.165) is 0 Å². The van der Waals surface area contributed by atoms with Crippen LogP contribution >= 0.6 is 23.2 Å². The van der Waals surface area contributed by atoms with Crippen molar-refractivity contribution in [1.29, 1.82) is 0 Å². The summed E-state index contributed by atoms with van der Waals surface area (Å²) in [5, 5.41) is 11.5. The number of Topliss-reactive ketones (excluding diaryl/α,β-unsaturated/α-hetero) is 1. The summed E-state index contributed by atoms with van der Waals surface area (Å²) in [7, 11) is 0. The molecular formula is C14H9Cl2NO4. The molecule has 108 valence electrons. The van der Waals surface area contributed by atoms with Crippen LogP contribution in [-0.4, -0.2) is 17.3 Å². The molecule has 0 N–H and O–H groups in total. The van der Waals surface area contributed by atoms with Gasteiger partial charge in [-0.2, -0.15) is 0 Å². The minimum absolute atomic E-state index is 0.0141. The van der Waals surface area contributed by atoms with Crippen LogP contribution in [0.1, 0.15) is 10.4 Å². The molecular weight excluding hydrogens is 317 g/mol. The zero-order valence-corrected chi connectivity index (χ0v) is 12.1. The van der Waals surface area contributed by atoms with Gasteiger partial charge in [0, 0.05) is 21.7 Å². The van der Waals surface area contributed by atoms with Crippen LogP contribution in [0.5, 0.6) is 5.75 Å². The highest BCUT2D eigenvalue weighted by Gasteiger charge is 2.17. The first-order valence-corrected chi connectivity index (χ1v) is 6.58. The average molecular weight is 326 g/mol. The lowest BCUT2D eigenvalue weighted by atomic mass is 10.1. The van der Waals surface area contributed by atoms with Crippen molar-refractivity contribution in [2.75, 3.05) is 6.61 Å². The smallest absolute Gasteiger partial charge is 0.312 e. The van der Waals surface area contributed by atoms with E-state index in [4.69, 9.17) is 27.9 Å². The fourth-order valence-corrected chi connectivity index (χ4v) is 2.00. The highest BCUT2D eigenvalue weighted by molar-refractivity contribution is 6.31. The summed E-state index contributed by atoms with van der Waals surface area (Å²) in [5.74, 6) is -0.346. The van der Waals surface area contributed by atoms with E-state index in [0.29, 0.717) is 10.6 Å². The second-order valence-corrected chi connectivity index (χ2v) is 4.96. The van der Waals surface area contributed by atoms with Gasteiger partial charge in [-0.15, -0.1) is 0 Å². The standard InChI is InChI=1S/C14H9Cl2NO4/c15-10-3-1-2-9(6-10)13(18)8-21-14-5-4-11(16)7-12(14)17(19)20/h1-7H,8H2. The van der Waals surface area contributed by atoms with Crippen molar-refractivity contribution >= 4 is 34.7 Å². The van der Waals surface area contributed by atoms with Gasteiger partial charge in [-0.1, -0.05) is 35.3 Å². The largest absolute Gasteiger partial charge is 0.478 e. The molecule has 0 radical (unpaired) electrons. The number of carbonyl (C=O) groups excluding carboxylic acids is 1. The fraction of sp³-hybridized carbons (Fsp3) is 0.0714. The average Bonchev–Trinajstić information content (AvgIpc) is 2.45. The quantitative estimate of drug-likeness (QED) is 0.470. The molecule has 0 atom stereocenters. The van der Waals surface area contributed by atoms with E-state index in [9.17, 15) is 14.9 Å². The molecule has 0 saturated carbocycles. The monoisotopic (exact) mass is 325 g/mol. The maximum atomic E-state index is 11.9. The third kappa shape index (κ3) is 3.93. The summed E-state index contributed by atoms with van der Waals surface area (Å²) in [6.07, 6.45) is 0. The summed E-state index contributed by atoms with van der Waals surface area (Å²) in [4.78, 5) is 22.2. The molecule has 0 fully saturated rings. The molecule has 0 bridgehead atoms. The Kier molecular flexibility index (Phi) is 4.77. The molecule has 0 aliphatic rings. The number of nitro benzene ring substituents is 1. The third-order valence-corrected chi connectivity index (χ3v) is 3.09. The first kappa shape index (κ1) is 15.3. The fourth-order valence-electron chi connectivity index (χ4n) is 1.64. The first-order valence-electron chi connectivity index (χ1n) is 5.83. The number of benzene rings is 2. The minimum atomic E-state index is -0.620. The van der Waals surface area contributed by atoms with Crippen LogP contribution in [0.15, 0.2) is 42.5 Å². The third-order valence-electron chi connectivity index (χ3n) is 2.62. The molecule has 0 aromatic heterocycles. The Balaban J connectivity index is 2.13. The van der Waals surface area contributed by atoms with Gasteiger partial charge in [0.15, 0.2) is 18.1 Å². The predicted molar refractivity (Wildman–Crippen MR) is 79.4 cm³/mol. The lowest BCUT2D eigenvalue weighted by Crippen LogP contribution is -2.12. The number of hydrogen-bond acceptors (Lipinski definition) is 4. The van der Waals surface area contributed by atoms with Gasteiger partial charge in [0.25, 0.3) is 0 Å². The number of rotatable bonds is 5. The molecule has 0 spiro atoms. The summed E-state index contributed by atoms with van der Waals surface area (Å²) < 4.78 is 5.22. The number of nitro groups is 1. The maximum absolute atomic E-state index is 11.9. The number of halogens is 2. The Labute approximate surface area is 130 Å². The maximum Gasteiger partial charge on any atom is 0.312 e. The van der Waals surface area contributed by atoms with Gasteiger partial charge >= 0.3 is 5.69 Å². The molecule has 21 heavy (non-hydrogen) atoms. The Hall–Kier alpha value is -2.11. The van der Waals surface area contributed by atoms with Crippen LogP contribution in [0.25, 0.3) is 0 Å². The van der Waals surface area contributed by atoms with Crippen molar-refractivity contribution in [3.05, 3.63) is 68.2 Å². The zero-order valence-electron chi connectivity index (χ0n) is 10.6. The van der Waals surface area contributed by atoms with Crippen molar-refractivity contribution in [2.45, 2.75) is 0 Å². The van der Waals surface area contributed by atoms with Gasteiger partial charge < -0.3 is 4.74 Å². The lowest BCUT2D eigenvalue weighted by Gasteiger charge is -2.06. The molecule has 2 rings (SSSR count). The molecule has 0 heterocycles. The summed E-state index contributed by atoms with van der Waals surface area (Å²) in [6.45, 7) is -0.331. The zero-order chi connectivity index (χ0) is 15.4. The molecule has 0 amide bonds.